The van der Waals surface area contributed by atoms with E-state index < -0.39 is 32.1 Å². The Bertz CT molecular complexity index is 1250. The van der Waals surface area contributed by atoms with E-state index in [0.29, 0.717) is 24.5 Å². The van der Waals surface area contributed by atoms with Gasteiger partial charge in [-0.15, -0.1) is 0 Å². The summed E-state index contributed by atoms with van der Waals surface area (Å²) in [6.07, 6.45) is 5.52. The van der Waals surface area contributed by atoms with E-state index in [1.165, 1.54) is 14.3 Å². The summed E-state index contributed by atoms with van der Waals surface area (Å²) in [6, 6.07) is 16.2. The second kappa shape index (κ2) is 14.0. The predicted molar refractivity (Wildman–Crippen MR) is 163 cm³/mol. The number of carbonyl (C=O) groups is 3. The maximum atomic E-state index is 12.9. The minimum Gasteiger partial charge on any atom is -0.468 e. The standard InChI is InChI=1S/C29H34O6Te.C3H5BrO2/c1-4-25(30)34-28-14-20-13-27(2,17-28)18-29(15-20,19-28)35-26(31)16-33-22-7-11-24(12-8-22)36-23-9-5-21(32-3)6-10-23;1-6-3(5)2-4/h5-12,20H,4,13-19H2,1-3H3;2H2,1H3. The van der Waals surface area contributed by atoms with Crippen LogP contribution in [0.1, 0.15) is 58.8 Å². The minimum atomic E-state index is -0.559. The van der Waals surface area contributed by atoms with Crippen LogP contribution < -0.4 is 16.7 Å². The van der Waals surface area contributed by atoms with Crippen molar-refractivity contribution in [3.05, 3.63) is 48.5 Å². The van der Waals surface area contributed by atoms with Gasteiger partial charge in [-0.05, 0) is 0 Å². The number of hydrogen-bond acceptors (Lipinski definition) is 8. The predicted octanol–water partition coefficient (Wildman–Crippen LogP) is 4.26. The zero-order valence-electron chi connectivity index (χ0n) is 24.6. The molecule has 4 bridgehead atoms. The number of esters is 3. The van der Waals surface area contributed by atoms with E-state index in [4.69, 9.17) is 18.9 Å². The molecule has 4 fully saturated rings. The quantitative estimate of drug-likeness (QED) is 0.154. The van der Waals surface area contributed by atoms with E-state index in [1.54, 1.807) is 7.11 Å². The monoisotopic (exact) mass is 760 g/mol. The molecule has 2 aromatic rings. The van der Waals surface area contributed by atoms with E-state index in [1.807, 2.05) is 31.2 Å². The van der Waals surface area contributed by atoms with E-state index in [2.05, 4.69) is 51.9 Å². The number of methoxy groups -OCH3 is 2. The van der Waals surface area contributed by atoms with Gasteiger partial charge in [0.15, 0.2) is 0 Å². The van der Waals surface area contributed by atoms with Gasteiger partial charge in [-0.25, -0.2) is 0 Å². The molecule has 0 spiro atoms. The number of hydrogen-bond donors (Lipinski definition) is 0. The van der Waals surface area contributed by atoms with Gasteiger partial charge < -0.3 is 4.74 Å². The SMILES string of the molecule is CCC(=O)OC12CC3CC(C)(C1)CC(OC(=O)COc1ccc([Te]c4ccc(OC)cc4)cc1)(C3)C2.COC(=O)CBr. The molecule has 4 aliphatic carbocycles. The van der Waals surface area contributed by atoms with Crippen LogP contribution in [0.5, 0.6) is 11.5 Å². The number of rotatable bonds is 10. The average Bonchev–Trinajstić information content (AvgIpc) is 2.95. The second-order valence-electron chi connectivity index (χ2n) is 11.7. The molecular formula is C32H39BrO8Te. The third-order valence-corrected chi connectivity index (χ3v) is 11.4. The molecule has 4 unspecified atom stereocenters. The van der Waals surface area contributed by atoms with Crippen molar-refractivity contribution >= 4 is 62.0 Å². The summed E-state index contributed by atoms with van der Waals surface area (Å²) in [5.41, 5.74) is -1.01. The van der Waals surface area contributed by atoms with Crippen molar-refractivity contribution in [3.63, 3.8) is 0 Å². The fraction of sp³-hybridized carbons (Fsp3) is 0.531. The zero-order valence-corrected chi connectivity index (χ0v) is 28.5. The largest absolute Gasteiger partial charge is 0.468 e. The van der Waals surface area contributed by atoms with Crippen molar-refractivity contribution in [2.24, 2.45) is 11.3 Å². The van der Waals surface area contributed by atoms with Crippen LogP contribution in [0.4, 0.5) is 0 Å². The normalized spacial score (nSPS) is 26.8. The van der Waals surface area contributed by atoms with Crippen molar-refractivity contribution in [2.45, 2.75) is 70.0 Å². The molecule has 0 aliphatic heterocycles. The maximum Gasteiger partial charge on any atom is 0.316 e. The zero-order chi connectivity index (χ0) is 30.4. The summed E-state index contributed by atoms with van der Waals surface area (Å²) >= 11 is 2.40. The minimum absolute atomic E-state index is 0.0396. The summed E-state index contributed by atoms with van der Waals surface area (Å²) < 4.78 is 30.0. The third-order valence-electron chi connectivity index (χ3n) is 8.01. The first-order valence-electron chi connectivity index (χ1n) is 14.1. The maximum absolute atomic E-state index is 12.9. The molecule has 2 aromatic carbocycles. The van der Waals surface area contributed by atoms with Crippen LogP contribution in [0.25, 0.3) is 0 Å². The molecule has 228 valence electrons. The van der Waals surface area contributed by atoms with Crippen LogP contribution in [0, 0.1) is 11.3 Å². The molecule has 6 rings (SSSR count). The molecular weight excluding hydrogens is 720 g/mol. The topological polar surface area (TPSA) is 97.4 Å². The fourth-order valence-corrected chi connectivity index (χ4v) is 9.68. The van der Waals surface area contributed by atoms with Crippen molar-refractivity contribution in [2.75, 3.05) is 26.2 Å². The molecule has 4 saturated carbocycles. The van der Waals surface area contributed by atoms with Crippen molar-refractivity contribution in [3.8, 4) is 11.5 Å². The summed E-state index contributed by atoms with van der Waals surface area (Å²) in [5.74, 6) is 1.18. The molecule has 4 atom stereocenters. The van der Waals surface area contributed by atoms with Gasteiger partial charge in [0, 0.05) is 6.42 Å². The Kier molecular flexibility index (Phi) is 10.9. The van der Waals surface area contributed by atoms with Gasteiger partial charge >= 0.3 is 212 Å². The van der Waals surface area contributed by atoms with Crippen LogP contribution in [-0.4, -0.2) is 76.2 Å². The van der Waals surface area contributed by atoms with Crippen LogP contribution >= 0.6 is 15.9 Å². The van der Waals surface area contributed by atoms with Crippen molar-refractivity contribution in [1.82, 2.24) is 0 Å². The number of benzene rings is 2. The fourth-order valence-electron chi connectivity index (χ4n) is 7.12. The Morgan fingerprint density at radius 2 is 1.36 bits per heavy atom. The Morgan fingerprint density at radius 3 is 1.81 bits per heavy atom. The van der Waals surface area contributed by atoms with Gasteiger partial charge in [0.25, 0.3) is 0 Å². The Hall–Kier alpha value is -2.28. The Morgan fingerprint density at radius 1 is 0.810 bits per heavy atom. The van der Waals surface area contributed by atoms with Crippen molar-refractivity contribution < 1.29 is 38.1 Å². The van der Waals surface area contributed by atoms with Gasteiger partial charge in [-0.3, -0.25) is 9.59 Å². The second-order valence-corrected chi connectivity index (χ2v) is 15.6. The van der Waals surface area contributed by atoms with E-state index in [-0.39, 0.29) is 35.3 Å². The van der Waals surface area contributed by atoms with E-state index in [0.717, 1.165) is 37.9 Å². The Balaban J connectivity index is 0.000000612. The molecule has 0 saturated heterocycles. The van der Waals surface area contributed by atoms with E-state index >= 15 is 0 Å². The average molecular weight is 759 g/mol. The molecule has 4 aliphatic rings. The summed E-state index contributed by atoms with van der Waals surface area (Å²) in [4.78, 5) is 35.0. The Labute approximate surface area is 266 Å². The van der Waals surface area contributed by atoms with Gasteiger partial charge in [0.05, 0.1) is 7.11 Å². The first-order valence-corrected chi connectivity index (χ1v) is 17.6. The van der Waals surface area contributed by atoms with Crippen LogP contribution in [0.2, 0.25) is 0 Å². The summed E-state index contributed by atoms with van der Waals surface area (Å²) in [7, 11) is 3.02. The third kappa shape index (κ3) is 8.42. The molecule has 0 N–H and O–H groups in total. The number of ether oxygens (including phenoxy) is 5. The van der Waals surface area contributed by atoms with Crippen LogP contribution in [-0.2, 0) is 28.6 Å². The molecule has 8 nitrogen and oxygen atoms in total. The van der Waals surface area contributed by atoms with Crippen molar-refractivity contribution in [1.29, 1.82) is 0 Å². The summed E-state index contributed by atoms with van der Waals surface area (Å²) in [5, 5.41) is 0.281. The molecule has 0 aromatic heterocycles. The van der Waals surface area contributed by atoms with Gasteiger partial charge in [0.2, 0.25) is 0 Å². The van der Waals surface area contributed by atoms with E-state index in [9.17, 15) is 14.4 Å². The van der Waals surface area contributed by atoms with Gasteiger partial charge in [-0.1, -0.05) is 22.9 Å². The number of halogens is 1. The van der Waals surface area contributed by atoms with Gasteiger partial charge in [0.1, 0.15) is 5.33 Å². The molecule has 42 heavy (non-hydrogen) atoms. The molecule has 10 heteroatoms. The van der Waals surface area contributed by atoms with Crippen LogP contribution in [0.15, 0.2) is 48.5 Å². The number of carbonyl (C=O) groups excluding carboxylic acids is 3. The molecule has 0 heterocycles. The first-order chi connectivity index (χ1) is 20.0. The smallest absolute Gasteiger partial charge is 0.316 e. The first kappa shape index (κ1) is 32.6. The van der Waals surface area contributed by atoms with Gasteiger partial charge in [-0.2, -0.15) is 0 Å². The van der Waals surface area contributed by atoms with Crippen LogP contribution in [0.3, 0.4) is 0 Å². The molecule has 0 amide bonds. The number of alkyl halides is 1. The molecule has 0 radical (unpaired) electrons. The summed E-state index contributed by atoms with van der Waals surface area (Å²) in [6.45, 7) is 3.95.